The number of anilines is 2. The van der Waals surface area contributed by atoms with Gasteiger partial charge in [0, 0.05) is 17.6 Å². The van der Waals surface area contributed by atoms with E-state index in [4.69, 9.17) is 0 Å². The van der Waals surface area contributed by atoms with E-state index in [1.54, 1.807) is 16.4 Å². The molecule has 6 heteroatoms. The summed E-state index contributed by atoms with van der Waals surface area (Å²) >= 11 is 0. The van der Waals surface area contributed by atoms with Crippen molar-refractivity contribution < 1.29 is 13.2 Å². The summed E-state index contributed by atoms with van der Waals surface area (Å²) < 4.78 is 29.6. The van der Waals surface area contributed by atoms with Crippen molar-refractivity contribution in [1.29, 1.82) is 0 Å². The highest BCUT2D eigenvalue weighted by Crippen LogP contribution is 2.46. The summed E-state index contributed by atoms with van der Waals surface area (Å²) in [4.78, 5) is 15.3. The summed E-state index contributed by atoms with van der Waals surface area (Å²) in [5.41, 5.74) is 3.31. The third kappa shape index (κ3) is 3.93. The first-order chi connectivity index (χ1) is 15.9. The Balaban J connectivity index is 1.66. The molecule has 1 aliphatic carbocycles. The largest absolute Gasteiger partial charge is 0.309 e. The molecule has 0 bridgehead atoms. The zero-order chi connectivity index (χ0) is 23.2. The van der Waals surface area contributed by atoms with Crippen molar-refractivity contribution in [2.45, 2.75) is 50.1 Å². The maximum Gasteiger partial charge on any atom is 0.264 e. The molecule has 0 radical (unpaired) electrons. The number of carbonyl (C=O) groups excluding carboxylic acids is 1. The molecule has 33 heavy (non-hydrogen) atoms. The number of para-hydroxylation sites is 2. The summed E-state index contributed by atoms with van der Waals surface area (Å²) in [5, 5.41) is 0. The Morgan fingerprint density at radius 2 is 1.55 bits per heavy atom. The number of hydrogen-bond acceptors (Lipinski definition) is 3. The smallest absolute Gasteiger partial charge is 0.264 e. The highest BCUT2D eigenvalue weighted by molar-refractivity contribution is 7.92. The molecule has 5 rings (SSSR count). The molecule has 0 N–H and O–H groups in total. The molecule has 1 saturated carbocycles. The van der Waals surface area contributed by atoms with Crippen LogP contribution in [0.3, 0.4) is 0 Å². The zero-order valence-corrected chi connectivity index (χ0v) is 19.7. The molecule has 3 aromatic rings. The summed E-state index contributed by atoms with van der Waals surface area (Å²) in [6.07, 6.45) is 2.40. The first-order valence-corrected chi connectivity index (χ1v) is 12.9. The van der Waals surface area contributed by atoms with Crippen LogP contribution in [0.4, 0.5) is 11.4 Å². The average Bonchev–Trinajstić information content (AvgIpc) is 3.65. The van der Waals surface area contributed by atoms with Crippen molar-refractivity contribution in [2.24, 2.45) is 5.92 Å². The Morgan fingerprint density at radius 3 is 2.21 bits per heavy atom. The van der Waals surface area contributed by atoms with Gasteiger partial charge in [-0.25, -0.2) is 8.42 Å². The quantitative estimate of drug-likeness (QED) is 0.508. The number of nitrogens with zero attached hydrogens (tertiary/aromatic N) is 2. The Hall–Kier alpha value is -3.12. The average molecular weight is 461 g/mol. The molecule has 3 aromatic carbocycles. The van der Waals surface area contributed by atoms with Crippen molar-refractivity contribution in [2.75, 3.05) is 9.21 Å². The lowest BCUT2D eigenvalue weighted by Gasteiger charge is -2.43. The van der Waals surface area contributed by atoms with Crippen LogP contribution in [0.2, 0.25) is 0 Å². The molecule has 2 unspecified atom stereocenters. The van der Waals surface area contributed by atoms with Gasteiger partial charge < -0.3 is 4.90 Å². The van der Waals surface area contributed by atoms with Crippen LogP contribution in [-0.4, -0.2) is 20.4 Å². The van der Waals surface area contributed by atoms with Gasteiger partial charge in [0.25, 0.3) is 10.0 Å². The molecule has 0 aromatic heterocycles. The van der Waals surface area contributed by atoms with E-state index in [2.05, 4.69) is 0 Å². The van der Waals surface area contributed by atoms with Crippen LogP contribution in [0.25, 0.3) is 0 Å². The van der Waals surface area contributed by atoms with Crippen LogP contribution in [0, 0.1) is 12.8 Å². The summed E-state index contributed by atoms with van der Waals surface area (Å²) in [6, 6.07) is 23.4. The molecule has 170 valence electrons. The maximum absolute atomic E-state index is 14.0. The molecular weight excluding hydrogens is 432 g/mol. The Kier molecular flexibility index (Phi) is 5.49. The van der Waals surface area contributed by atoms with E-state index in [1.165, 1.54) is 0 Å². The molecule has 1 fully saturated rings. The van der Waals surface area contributed by atoms with Gasteiger partial charge in [0.2, 0.25) is 5.91 Å². The molecule has 0 spiro atoms. The van der Waals surface area contributed by atoms with Crippen LogP contribution in [0.1, 0.15) is 43.4 Å². The monoisotopic (exact) mass is 460 g/mol. The maximum atomic E-state index is 14.0. The number of rotatable bonds is 5. The minimum atomic E-state index is -3.85. The fourth-order valence-electron chi connectivity index (χ4n) is 4.75. The molecule has 0 saturated heterocycles. The van der Waals surface area contributed by atoms with E-state index in [1.807, 2.05) is 85.5 Å². The predicted octanol–water partition coefficient (Wildman–Crippen LogP) is 5.47. The minimum Gasteiger partial charge on any atom is -0.309 e. The standard InChI is InChI=1S/C27H28N2O3S/c1-19-12-16-23(17-13-19)33(31,32)29(22-8-4-3-5-9-22)26-18-20(2)28(27(30)21-14-15-21)25-11-7-6-10-24(25)26/h3-13,16-17,20-21,26H,14-15,18H2,1-2H3. The zero-order valence-electron chi connectivity index (χ0n) is 18.9. The number of benzene rings is 3. The van der Waals surface area contributed by atoms with E-state index in [0.717, 1.165) is 29.7 Å². The minimum absolute atomic E-state index is 0.0959. The molecule has 1 heterocycles. The van der Waals surface area contributed by atoms with Crippen LogP contribution >= 0.6 is 0 Å². The van der Waals surface area contributed by atoms with E-state index in [0.29, 0.717) is 12.1 Å². The Labute approximate surface area is 195 Å². The van der Waals surface area contributed by atoms with Gasteiger partial charge in [-0.1, -0.05) is 54.1 Å². The summed E-state index contributed by atoms with van der Waals surface area (Å²) in [5.74, 6) is 0.250. The number of fused-ring (bicyclic) bond motifs is 1. The summed E-state index contributed by atoms with van der Waals surface area (Å²) in [6.45, 7) is 3.96. The second-order valence-corrected chi connectivity index (χ2v) is 10.9. The second-order valence-electron chi connectivity index (χ2n) is 9.09. The van der Waals surface area contributed by atoms with Gasteiger partial charge in [-0.2, -0.15) is 0 Å². The van der Waals surface area contributed by atoms with Gasteiger partial charge in [-0.05, 0) is 69.0 Å². The number of sulfonamides is 1. The molecule has 1 amide bonds. The predicted molar refractivity (Wildman–Crippen MR) is 131 cm³/mol. The molecular formula is C27H28N2O3S. The van der Waals surface area contributed by atoms with Crippen molar-refractivity contribution in [3.8, 4) is 0 Å². The molecule has 1 aliphatic heterocycles. The van der Waals surface area contributed by atoms with Gasteiger partial charge in [0.15, 0.2) is 0 Å². The van der Waals surface area contributed by atoms with Crippen molar-refractivity contribution in [3.63, 3.8) is 0 Å². The van der Waals surface area contributed by atoms with Gasteiger partial charge in [0.05, 0.1) is 16.6 Å². The molecule has 2 atom stereocenters. The third-order valence-corrected chi connectivity index (χ3v) is 8.45. The lowest BCUT2D eigenvalue weighted by atomic mass is 9.91. The van der Waals surface area contributed by atoms with E-state index >= 15 is 0 Å². The van der Waals surface area contributed by atoms with Gasteiger partial charge >= 0.3 is 0 Å². The number of hydrogen-bond donors (Lipinski definition) is 0. The Morgan fingerprint density at radius 1 is 0.909 bits per heavy atom. The van der Waals surface area contributed by atoms with Crippen LogP contribution in [0.15, 0.2) is 83.8 Å². The fraction of sp³-hybridized carbons (Fsp3) is 0.296. The lowest BCUT2D eigenvalue weighted by molar-refractivity contribution is -0.120. The Bertz CT molecular complexity index is 1270. The van der Waals surface area contributed by atoms with Gasteiger partial charge in [-0.15, -0.1) is 0 Å². The highest BCUT2D eigenvalue weighted by atomic mass is 32.2. The third-order valence-electron chi connectivity index (χ3n) is 6.60. The van der Waals surface area contributed by atoms with Gasteiger partial charge in [0.1, 0.15) is 0 Å². The van der Waals surface area contributed by atoms with Crippen molar-refractivity contribution in [3.05, 3.63) is 90.0 Å². The molecule has 5 nitrogen and oxygen atoms in total. The van der Waals surface area contributed by atoms with E-state index < -0.39 is 16.1 Å². The van der Waals surface area contributed by atoms with E-state index in [9.17, 15) is 13.2 Å². The fourth-order valence-corrected chi connectivity index (χ4v) is 6.39. The SMILES string of the molecule is Cc1ccc(S(=O)(=O)N(c2ccccc2)C2CC(C)N(C(=O)C3CC3)c3ccccc32)cc1. The normalized spacial score (nSPS) is 20.2. The van der Waals surface area contributed by atoms with Crippen LogP contribution in [-0.2, 0) is 14.8 Å². The second kappa shape index (κ2) is 8.34. The van der Waals surface area contributed by atoms with Crippen LogP contribution in [0.5, 0.6) is 0 Å². The number of amides is 1. The van der Waals surface area contributed by atoms with Crippen molar-refractivity contribution >= 4 is 27.3 Å². The summed E-state index contributed by atoms with van der Waals surface area (Å²) in [7, 11) is -3.85. The number of aryl methyl sites for hydroxylation is 1. The van der Waals surface area contributed by atoms with E-state index in [-0.39, 0.29) is 22.8 Å². The highest BCUT2D eigenvalue weighted by Gasteiger charge is 2.44. The van der Waals surface area contributed by atoms with Crippen molar-refractivity contribution in [1.82, 2.24) is 0 Å². The molecule has 2 aliphatic rings. The first-order valence-electron chi connectivity index (χ1n) is 11.5. The first kappa shape index (κ1) is 21.7. The topological polar surface area (TPSA) is 57.7 Å². The van der Waals surface area contributed by atoms with Gasteiger partial charge in [-0.3, -0.25) is 9.10 Å². The lowest BCUT2D eigenvalue weighted by Crippen LogP contribution is -2.48. The van der Waals surface area contributed by atoms with Crippen LogP contribution < -0.4 is 9.21 Å². The number of carbonyl (C=O) groups is 1.